The molecular weight excluding hydrogens is 230 g/mol. The zero-order valence-electron chi connectivity index (χ0n) is 12.0. The molecule has 0 spiro atoms. The van der Waals surface area contributed by atoms with Gasteiger partial charge >= 0.3 is 0 Å². The number of ketones is 1. The van der Waals surface area contributed by atoms with Gasteiger partial charge in [0.2, 0.25) is 0 Å². The van der Waals surface area contributed by atoms with E-state index >= 15 is 0 Å². The summed E-state index contributed by atoms with van der Waals surface area (Å²) < 4.78 is 10.4. The van der Waals surface area contributed by atoms with E-state index in [0.29, 0.717) is 25.0 Å². The van der Waals surface area contributed by atoms with E-state index in [9.17, 15) is 4.79 Å². The van der Waals surface area contributed by atoms with Gasteiger partial charge in [0.1, 0.15) is 5.78 Å². The van der Waals surface area contributed by atoms with Gasteiger partial charge in [0.15, 0.2) is 0 Å². The maximum Gasteiger partial charge on any atom is 0.137 e. The monoisotopic (exact) mass is 257 g/mol. The van der Waals surface area contributed by atoms with Crippen molar-refractivity contribution >= 4 is 5.78 Å². The summed E-state index contributed by atoms with van der Waals surface area (Å²) >= 11 is 0. The standard InChI is InChI=1S/C14H27NO3/c1-12(11-18-3)15(8-9-17-2)10-13-6-4-5-7-14(13)16/h12-13H,4-11H2,1-3H3. The van der Waals surface area contributed by atoms with E-state index in [-0.39, 0.29) is 5.92 Å². The summed E-state index contributed by atoms with van der Waals surface area (Å²) in [6.45, 7) is 5.27. The van der Waals surface area contributed by atoms with Crippen molar-refractivity contribution in [3.05, 3.63) is 0 Å². The van der Waals surface area contributed by atoms with E-state index in [2.05, 4.69) is 11.8 Å². The fraction of sp³-hybridized carbons (Fsp3) is 0.929. The number of ether oxygens (including phenoxy) is 2. The highest BCUT2D eigenvalue weighted by molar-refractivity contribution is 5.81. The second kappa shape index (κ2) is 8.62. The fourth-order valence-electron chi connectivity index (χ4n) is 2.58. The molecule has 0 aromatic carbocycles. The molecule has 0 saturated heterocycles. The number of carbonyl (C=O) groups excluding carboxylic acids is 1. The van der Waals surface area contributed by atoms with Crippen molar-refractivity contribution in [3.8, 4) is 0 Å². The first-order chi connectivity index (χ1) is 8.69. The molecule has 0 heterocycles. The molecule has 2 unspecified atom stereocenters. The Hall–Kier alpha value is -0.450. The summed E-state index contributed by atoms with van der Waals surface area (Å²) in [5, 5.41) is 0. The lowest BCUT2D eigenvalue weighted by atomic mass is 9.87. The van der Waals surface area contributed by atoms with Gasteiger partial charge in [0.05, 0.1) is 13.2 Å². The van der Waals surface area contributed by atoms with Crippen molar-refractivity contribution in [2.75, 3.05) is 40.5 Å². The summed E-state index contributed by atoms with van der Waals surface area (Å²) in [6, 6.07) is 0.333. The summed E-state index contributed by atoms with van der Waals surface area (Å²) in [4.78, 5) is 14.2. The van der Waals surface area contributed by atoms with Crippen molar-refractivity contribution in [1.82, 2.24) is 4.90 Å². The molecule has 0 bridgehead atoms. The van der Waals surface area contributed by atoms with Crippen molar-refractivity contribution < 1.29 is 14.3 Å². The predicted molar refractivity (Wildman–Crippen MR) is 71.8 cm³/mol. The van der Waals surface area contributed by atoms with E-state index in [1.165, 1.54) is 6.42 Å². The number of rotatable bonds is 8. The second-order valence-corrected chi connectivity index (χ2v) is 5.20. The SMILES string of the molecule is COCCN(CC1CCCCC1=O)C(C)COC. The Morgan fingerprint density at radius 1 is 1.33 bits per heavy atom. The Balaban J connectivity index is 2.50. The van der Waals surface area contributed by atoms with Gasteiger partial charge in [0.25, 0.3) is 0 Å². The van der Waals surface area contributed by atoms with Gasteiger partial charge in [-0.2, -0.15) is 0 Å². The van der Waals surface area contributed by atoms with Crippen LogP contribution in [0.1, 0.15) is 32.6 Å². The number of carbonyl (C=O) groups is 1. The van der Waals surface area contributed by atoms with Crippen LogP contribution in [0.3, 0.4) is 0 Å². The van der Waals surface area contributed by atoms with Crippen LogP contribution in [0.4, 0.5) is 0 Å². The third-order valence-electron chi connectivity index (χ3n) is 3.75. The largest absolute Gasteiger partial charge is 0.383 e. The van der Waals surface area contributed by atoms with Crippen molar-refractivity contribution in [2.45, 2.75) is 38.6 Å². The highest BCUT2D eigenvalue weighted by Gasteiger charge is 2.26. The lowest BCUT2D eigenvalue weighted by molar-refractivity contribution is -0.125. The van der Waals surface area contributed by atoms with E-state index in [1.807, 2.05) is 0 Å². The molecule has 4 nitrogen and oxygen atoms in total. The van der Waals surface area contributed by atoms with E-state index in [4.69, 9.17) is 9.47 Å². The molecule has 1 saturated carbocycles. The highest BCUT2D eigenvalue weighted by atomic mass is 16.5. The summed E-state index contributed by atoms with van der Waals surface area (Å²) in [5.41, 5.74) is 0. The van der Waals surface area contributed by atoms with Gasteiger partial charge in [-0.05, 0) is 19.8 Å². The number of nitrogens with zero attached hydrogens (tertiary/aromatic N) is 1. The van der Waals surface area contributed by atoms with Crippen molar-refractivity contribution in [3.63, 3.8) is 0 Å². The van der Waals surface area contributed by atoms with E-state index < -0.39 is 0 Å². The van der Waals surface area contributed by atoms with Crippen LogP contribution in [0, 0.1) is 5.92 Å². The molecule has 0 aromatic rings. The number of methoxy groups -OCH3 is 2. The van der Waals surface area contributed by atoms with Gasteiger partial charge in [-0.3, -0.25) is 9.69 Å². The molecule has 1 aliphatic rings. The van der Waals surface area contributed by atoms with Crippen LogP contribution in [-0.4, -0.2) is 57.2 Å². The topological polar surface area (TPSA) is 38.8 Å². The van der Waals surface area contributed by atoms with Crippen LogP contribution in [0.15, 0.2) is 0 Å². The van der Waals surface area contributed by atoms with Crippen LogP contribution in [0.25, 0.3) is 0 Å². The highest BCUT2D eigenvalue weighted by Crippen LogP contribution is 2.22. The maximum atomic E-state index is 11.9. The quantitative estimate of drug-likeness (QED) is 0.664. The molecule has 1 fully saturated rings. The van der Waals surface area contributed by atoms with Gasteiger partial charge in [-0.25, -0.2) is 0 Å². The summed E-state index contributed by atoms with van der Waals surface area (Å²) in [7, 11) is 3.43. The number of Topliss-reactive ketones (excluding diaryl/α,β-unsaturated/α-hetero) is 1. The first kappa shape index (κ1) is 15.6. The molecule has 0 radical (unpaired) electrons. The van der Waals surface area contributed by atoms with Crippen LogP contribution in [-0.2, 0) is 14.3 Å². The Morgan fingerprint density at radius 2 is 2.11 bits per heavy atom. The molecular formula is C14H27NO3. The lowest BCUT2D eigenvalue weighted by Gasteiger charge is -2.32. The smallest absolute Gasteiger partial charge is 0.137 e. The Kier molecular flexibility index (Phi) is 7.47. The minimum absolute atomic E-state index is 0.218. The first-order valence-corrected chi connectivity index (χ1v) is 6.93. The third-order valence-corrected chi connectivity index (χ3v) is 3.75. The third kappa shape index (κ3) is 5.04. The first-order valence-electron chi connectivity index (χ1n) is 6.93. The normalized spacial score (nSPS) is 22.4. The molecule has 4 heteroatoms. The molecule has 0 N–H and O–H groups in total. The zero-order valence-corrected chi connectivity index (χ0v) is 12.0. The van der Waals surface area contributed by atoms with Gasteiger partial charge < -0.3 is 9.47 Å². The molecule has 106 valence electrons. The Morgan fingerprint density at radius 3 is 2.72 bits per heavy atom. The van der Waals surface area contributed by atoms with E-state index in [0.717, 1.165) is 32.4 Å². The molecule has 0 aromatic heterocycles. The van der Waals surface area contributed by atoms with Crippen LogP contribution in [0.5, 0.6) is 0 Å². The van der Waals surface area contributed by atoms with Gasteiger partial charge in [0, 0.05) is 45.7 Å². The zero-order chi connectivity index (χ0) is 13.4. The molecule has 0 aliphatic heterocycles. The summed E-state index contributed by atoms with van der Waals surface area (Å²) in [5.74, 6) is 0.656. The van der Waals surface area contributed by atoms with Crippen LogP contribution in [0.2, 0.25) is 0 Å². The fourth-order valence-corrected chi connectivity index (χ4v) is 2.58. The molecule has 1 aliphatic carbocycles. The van der Waals surface area contributed by atoms with Crippen LogP contribution >= 0.6 is 0 Å². The Bertz CT molecular complexity index is 245. The molecule has 1 rings (SSSR count). The van der Waals surface area contributed by atoms with Gasteiger partial charge in [-0.15, -0.1) is 0 Å². The minimum Gasteiger partial charge on any atom is -0.383 e. The van der Waals surface area contributed by atoms with E-state index in [1.54, 1.807) is 14.2 Å². The minimum atomic E-state index is 0.218. The van der Waals surface area contributed by atoms with Gasteiger partial charge in [-0.1, -0.05) is 6.42 Å². The average Bonchev–Trinajstić information content (AvgIpc) is 2.36. The second-order valence-electron chi connectivity index (χ2n) is 5.20. The predicted octanol–water partition coefficient (Wildman–Crippen LogP) is 1.73. The van der Waals surface area contributed by atoms with Crippen molar-refractivity contribution in [2.24, 2.45) is 5.92 Å². The number of hydrogen-bond acceptors (Lipinski definition) is 4. The maximum absolute atomic E-state index is 11.9. The molecule has 0 amide bonds. The number of hydrogen-bond donors (Lipinski definition) is 0. The van der Waals surface area contributed by atoms with Crippen LogP contribution < -0.4 is 0 Å². The Labute approximate surface area is 111 Å². The average molecular weight is 257 g/mol. The molecule has 18 heavy (non-hydrogen) atoms. The summed E-state index contributed by atoms with van der Waals surface area (Å²) in [6.07, 6.45) is 4.07. The van der Waals surface area contributed by atoms with Crippen molar-refractivity contribution in [1.29, 1.82) is 0 Å². The lowest BCUT2D eigenvalue weighted by Crippen LogP contribution is -2.43. The molecule has 2 atom stereocenters.